The minimum absolute atomic E-state index is 0.0234. The van der Waals surface area contributed by atoms with Gasteiger partial charge in [-0.05, 0) is 42.2 Å². The molecular formula is C19H20F2N6S. The molecule has 2 atom stereocenters. The van der Waals surface area contributed by atoms with E-state index in [-0.39, 0.29) is 11.6 Å². The molecule has 2 unspecified atom stereocenters. The van der Waals surface area contributed by atoms with Crippen molar-refractivity contribution in [1.29, 1.82) is 0 Å². The number of fused-ring (bicyclic) bond motifs is 2. The van der Waals surface area contributed by atoms with Gasteiger partial charge in [0.1, 0.15) is 11.5 Å². The Morgan fingerprint density at radius 3 is 2.75 bits per heavy atom. The number of aryl methyl sites for hydroxylation is 1. The summed E-state index contributed by atoms with van der Waals surface area (Å²) in [6.07, 6.45) is 1.34. The zero-order chi connectivity index (χ0) is 19.4. The molecule has 3 N–H and O–H groups in total. The number of pyridine rings is 1. The lowest BCUT2D eigenvalue weighted by Crippen LogP contribution is -2.29. The van der Waals surface area contributed by atoms with Crippen LogP contribution in [0.15, 0.2) is 34.6 Å². The van der Waals surface area contributed by atoms with E-state index < -0.39 is 6.43 Å². The van der Waals surface area contributed by atoms with Crippen molar-refractivity contribution >= 4 is 28.6 Å². The number of nitrogens with one attached hydrogen (secondary N) is 1. The number of aromatic nitrogens is 4. The second-order valence-corrected chi connectivity index (χ2v) is 8.37. The molecule has 2 aliphatic rings. The number of aromatic amines is 1. The van der Waals surface area contributed by atoms with Crippen LogP contribution < -0.4 is 10.6 Å². The SMILES string of the molecule is CCc1[nH]c2nc(Sc3cccnc3)nc(N3CC4C(N)C4C3)c2c1C(F)F. The number of nitrogens with two attached hydrogens (primary N) is 1. The molecule has 1 aliphatic carbocycles. The molecule has 3 aromatic heterocycles. The molecular weight excluding hydrogens is 382 g/mol. The third kappa shape index (κ3) is 2.84. The fourth-order valence-electron chi connectivity index (χ4n) is 4.18. The van der Waals surface area contributed by atoms with Gasteiger partial charge in [-0.3, -0.25) is 4.98 Å². The molecule has 0 amide bonds. The second kappa shape index (κ2) is 6.66. The van der Waals surface area contributed by atoms with Gasteiger partial charge in [0.25, 0.3) is 6.43 Å². The average Bonchev–Trinajstić information content (AvgIpc) is 3.07. The van der Waals surface area contributed by atoms with Crippen molar-refractivity contribution in [2.45, 2.75) is 35.9 Å². The van der Waals surface area contributed by atoms with E-state index in [9.17, 15) is 8.78 Å². The highest BCUT2D eigenvalue weighted by Gasteiger charge is 2.54. The summed E-state index contributed by atoms with van der Waals surface area (Å²) in [7, 11) is 0. The van der Waals surface area contributed by atoms with Gasteiger partial charge in [0.15, 0.2) is 5.16 Å². The summed E-state index contributed by atoms with van der Waals surface area (Å²) in [4.78, 5) is 19.5. The van der Waals surface area contributed by atoms with Crippen LogP contribution in [0, 0.1) is 11.8 Å². The summed E-state index contributed by atoms with van der Waals surface area (Å²) < 4.78 is 27.8. The first kappa shape index (κ1) is 17.8. The average molecular weight is 402 g/mol. The van der Waals surface area contributed by atoms with E-state index in [2.05, 4.69) is 19.9 Å². The van der Waals surface area contributed by atoms with E-state index >= 15 is 0 Å². The number of alkyl halides is 2. The number of piperidine rings is 1. The van der Waals surface area contributed by atoms with Crippen LogP contribution in [0.4, 0.5) is 14.6 Å². The van der Waals surface area contributed by atoms with E-state index in [0.717, 1.165) is 18.0 Å². The van der Waals surface area contributed by atoms with Crippen LogP contribution in [-0.4, -0.2) is 39.1 Å². The maximum Gasteiger partial charge on any atom is 0.266 e. The van der Waals surface area contributed by atoms with Gasteiger partial charge in [-0.1, -0.05) is 6.92 Å². The van der Waals surface area contributed by atoms with Gasteiger partial charge in [-0.15, -0.1) is 0 Å². The fraction of sp³-hybridized carbons (Fsp3) is 0.421. The summed E-state index contributed by atoms with van der Waals surface area (Å²) in [6, 6.07) is 3.99. The van der Waals surface area contributed by atoms with Gasteiger partial charge >= 0.3 is 0 Å². The van der Waals surface area contributed by atoms with Crippen molar-refractivity contribution in [3.8, 4) is 0 Å². The van der Waals surface area contributed by atoms with Crippen molar-refractivity contribution in [3.05, 3.63) is 35.8 Å². The molecule has 2 fully saturated rings. The number of anilines is 1. The molecule has 3 aromatic rings. The highest BCUT2D eigenvalue weighted by atomic mass is 32.2. The predicted octanol–water partition coefficient (Wildman–Crippen LogP) is 3.40. The second-order valence-electron chi connectivity index (χ2n) is 7.33. The summed E-state index contributed by atoms with van der Waals surface area (Å²) in [6.45, 7) is 3.37. The Kier molecular flexibility index (Phi) is 4.24. The number of hydrogen-bond donors (Lipinski definition) is 2. The molecule has 0 radical (unpaired) electrons. The Bertz CT molecular complexity index is 1010. The summed E-state index contributed by atoms with van der Waals surface area (Å²) in [5.41, 5.74) is 7.07. The van der Waals surface area contributed by atoms with Crippen LogP contribution in [0.5, 0.6) is 0 Å². The third-order valence-corrected chi connectivity index (χ3v) is 6.55. The predicted molar refractivity (Wildman–Crippen MR) is 104 cm³/mol. The third-order valence-electron chi connectivity index (χ3n) is 5.71. The molecule has 4 heterocycles. The monoisotopic (exact) mass is 402 g/mol. The maximum absolute atomic E-state index is 13.9. The molecule has 0 bridgehead atoms. The van der Waals surface area contributed by atoms with Crippen molar-refractivity contribution in [3.63, 3.8) is 0 Å². The zero-order valence-corrected chi connectivity index (χ0v) is 16.1. The summed E-state index contributed by atoms with van der Waals surface area (Å²) >= 11 is 1.38. The van der Waals surface area contributed by atoms with Crippen LogP contribution >= 0.6 is 11.8 Å². The lowest BCUT2D eigenvalue weighted by Gasteiger charge is -2.22. The van der Waals surface area contributed by atoms with Gasteiger partial charge < -0.3 is 15.6 Å². The normalized spacial score (nSPS) is 23.6. The summed E-state index contributed by atoms with van der Waals surface area (Å²) in [5.74, 6) is 1.44. The zero-order valence-electron chi connectivity index (χ0n) is 15.3. The largest absolute Gasteiger partial charge is 0.355 e. The molecule has 0 spiro atoms. The van der Waals surface area contributed by atoms with E-state index in [0.29, 0.717) is 46.0 Å². The molecule has 0 aromatic carbocycles. The molecule has 1 saturated heterocycles. The quantitative estimate of drug-likeness (QED) is 0.637. The number of halogens is 2. The molecule has 1 aliphatic heterocycles. The van der Waals surface area contributed by atoms with Crippen LogP contribution in [0.25, 0.3) is 11.0 Å². The van der Waals surface area contributed by atoms with Gasteiger partial charge in [0, 0.05) is 42.1 Å². The van der Waals surface area contributed by atoms with Gasteiger partial charge in [0.05, 0.1) is 10.9 Å². The molecule has 5 rings (SSSR count). The Morgan fingerprint density at radius 2 is 2.11 bits per heavy atom. The van der Waals surface area contributed by atoms with Crippen molar-refractivity contribution in [1.82, 2.24) is 19.9 Å². The molecule has 6 nitrogen and oxygen atoms in total. The van der Waals surface area contributed by atoms with Crippen LogP contribution in [0.1, 0.15) is 24.6 Å². The van der Waals surface area contributed by atoms with E-state index in [1.54, 1.807) is 12.4 Å². The van der Waals surface area contributed by atoms with Crippen molar-refractivity contribution < 1.29 is 8.78 Å². The number of nitrogens with zero attached hydrogens (tertiary/aromatic N) is 4. The maximum atomic E-state index is 13.9. The van der Waals surface area contributed by atoms with Crippen molar-refractivity contribution in [2.75, 3.05) is 18.0 Å². The minimum Gasteiger partial charge on any atom is -0.355 e. The molecule has 146 valence electrons. The van der Waals surface area contributed by atoms with E-state index in [4.69, 9.17) is 10.7 Å². The first-order valence-electron chi connectivity index (χ1n) is 9.35. The fourth-order valence-corrected chi connectivity index (χ4v) is 4.92. The van der Waals surface area contributed by atoms with Crippen molar-refractivity contribution in [2.24, 2.45) is 17.6 Å². The Hall–Kier alpha value is -2.26. The lowest BCUT2D eigenvalue weighted by molar-refractivity contribution is 0.152. The van der Waals surface area contributed by atoms with Crippen LogP contribution in [0.2, 0.25) is 0 Å². The van der Waals surface area contributed by atoms with Gasteiger partial charge in [0.2, 0.25) is 0 Å². The van der Waals surface area contributed by atoms with E-state index in [1.807, 2.05) is 19.1 Å². The standard InChI is InChI=1S/C19H20F2N6S/c1-2-12-13(16(20)21)14-17(24-12)25-19(28-9-4-3-5-23-6-9)26-18(14)27-7-10-11(8-27)15(10)22/h3-6,10-11,15-16H,2,7-8,22H2,1H3,(H,24,25,26). The van der Waals surface area contributed by atoms with Crippen LogP contribution in [-0.2, 0) is 6.42 Å². The smallest absolute Gasteiger partial charge is 0.266 e. The number of rotatable bonds is 5. The topological polar surface area (TPSA) is 83.7 Å². The van der Waals surface area contributed by atoms with Gasteiger partial charge in [-0.25, -0.2) is 18.7 Å². The van der Waals surface area contributed by atoms with E-state index in [1.165, 1.54) is 11.8 Å². The molecule has 1 saturated carbocycles. The lowest BCUT2D eigenvalue weighted by atomic mass is 10.1. The first-order chi connectivity index (χ1) is 13.6. The molecule has 28 heavy (non-hydrogen) atoms. The van der Waals surface area contributed by atoms with Crippen LogP contribution in [0.3, 0.4) is 0 Å². The Labute approximate surface area is 165 Å². The van der Waals surface area contributed by atoms with Gasteiger partial charge in [-0.2, -0.15) is 0 Å². The summed E-state index contributed by atoms with van der Waals surface area (Å²) in [5, 5.41) is 0.961. The molecule has 9 heteroatoms. The Balaban J connectivity index is 1.63. The Morgan fingerprint density at radius 1 is 1.32 bits per heavy atom. The number of H-pyrrole nitrogens is 1. The minimum atomic E-state index is -2.58. The highest BCUT2D eigenvalue weighted by Crippen LogP contribution is 2.47. The highest BCUT2D eigenvalue weighted by molar-refractivity contribution is 7.99. The number of hydrogen-bond acceptors (Lipinski definition) is 6. The first-order valence-corrected chi connectivity index (χ1v) is 10.2.